The summed E-state index contributed by atoms with van der Waals surface area (Å²) in [5.41, 5.74) is 2.18. The molecule has 1 aliphatic rings. The van der Waals surface area contributed by atoms with E-state index < -0.39 is 0 Å². The Morgan fingerprint density at radius 3 is 2.54 bits per heavy atom. The fourth-order valence-corrected chi connectivity index (χ4v) is 3.10. The minimum absolute atomic E-state index is 0.0234. The lowest BCUT2D eigenvalue weighted by Crippen LogP contribution is -2.33. The van der Waals surface area contributed by atoms with Gasteiger partial charge < -0.3 is 15.0 Å². The van der Waals surface area contributed by atoms with Crippen molar-refractivity contribution in [3.05, 3.63) is 35.9 Å². The first-order valence-corrected chi connectivity index (χ1v) is 9.54. The molecular formula is C21H30N2O3. The van der Waals surface area contributed by atoms with Gasteiger partial charge in [-0.05, 0) is 63.3 Å². The molecule has 142 valence electrons. The van der Waals surface area contributed by atoms with Crippen molar-refractivity contribution in [2.75, 3.05) is 25.0 Å². The Balaban J connectivity index is 1.77. The summed E-state index contributed by atoms with van der Waals surface area (Å²) in [6, 6.07) is 7.31. The summed E-state index contributed by atoms with van der Waals surface area (Å²) in [4.78, 5) is 25.8. The number of benzene rings is 1. The van der Waals surface area contributed by atoms with Gasteiger partial charge in [0.15, 0.2) is 0 Å². The molecule has 0 heterocycles. The third-order valence-corrected chi connectivity index (χ3v) is 4.59. The number of nitrogens with one attached hydrogen (secondary N) is 1. The number of carbonyl (C=O) groups excluding carboxylic acids is 2. The average Bonchev–Trinajstić information content (AvgIpc) is 2.64. The highest BCUT2D eigenvalue weighted by atomic mass is 16.5. The maximum absolute atomic E-state index is 12.2. The standard InChI is InChI=1S/C21H30N2O3/c1-3-26-20-11-9-19(10-12-20)22-21(25)14-16-23(17(2)24)15-13-18-7-5-4-6-8-18/h7,9-12H,3-6,8,13-16H2,1-2H3,(H,22,25). The van der Waals surface area contributed by atoms with Crippen molar-refractivity contribution in [3.8, 4) is 5.75 Å². The minimum atomic E-state index is -0.0858. The van der Waals surface area contributed by atoms with Crippen molar-refractivity contribution in [2.24, 2.45) is 0 Å². The Kier molecular flexibility index (Phi) is 8.19. The van der Waals surface area contributed by atoms with E-state index >= 15 is 0 Å². The normalized spacial score (nSPS) is 13.7. The molecule has 0 aromatic heterocycles. The molecule has 1 N–H and O–H groups in total. The molecular weight excluding hydrogens is 328 g/mol. The minimum Gasteiger partial charge on any atom is -0.494 e. The lowest BCUT2D eigenvalue weighted by Gasteiger charge is -2.22. The lowest BCUT2D eigenvalue weighted by atomic mass is 9.97. The molecule has 1 aliphatic carbocycles. The highest BCUT2D eigenvalue weighted by Crippen LogP contribution is 2.20. The zero-order chi connectivity index (χ0) is 18.8. The molecule has 1 aromatic rings. The summed E-state index contributed by atoms with van der Waals surface area (Å²) >= 11 is 0. The van der Waals surface area contributed by atoms with Gasteiger partial charge in [0.1, 0.15) is 5.75 Å². The SMILES string of the molecule is CCOc1ccc(NC(=O)CCN(CCC2=CCCCC2)C(C)=O)cc1. The van der Waals surface area contributed by atoms with Gasteiger partial charge in [0.25, 0.3) is 0 Å². The molecule has 0 radical (unpaired) electrons. The van der Waals surface area contributed by atoms with Crippen molar-refractivity contribution in [2.45, 2.75) is 52.4 Å². The second-order valence-electron chi connectivity index (χ2n) is 6.62. The summed E-state index contributed by atoms with van der Waals surface area (Å²) < 4.78 is 5.39. The summed E-state index contributed by atoms with van der Waals surface area (Å²) in [6.07, 6.45) is 8.33. The smallest absolute Gasteiger partial charge is 0.226 e. The first kappa shape index (κ1) is 20.0. The van der Waals surface area contributed by atoms with Gasteiger partial charge in [-0.25, -0.2) is 0 Å². The van der Waals surface area contributed by atoms with Crippen LogP contribution in [0.3, 0.4) is 0 Å². The van der Waals surface area contributed by atoms with Gasteiger partial charge in [-0.15, -0.1) is 0 Å². The Bertz CT molecular complexity index is 623. The maximum atomic E-state index is 12.2. The van der Waals surface area contributed by atoms with Gasteiger partial charge in [-0.2, -0.15) is 0 Å². The van der Waals surface area contributed by atoms with Crippen LogP contribution in [0, 0.1) is 0 Å². The summed E-state index contributed by atoms with van der Waals surface area (Å²) in [5.74, 6) is 0.720. The average molecular weight is 358 g/mol. The van der Waals surface area contributed by atoms with E-state index in [1.807, 2.05) is 31.2 Å². The fraction of sp³-hybridized carbons (Fsp3) is 0.524. The van der Waals surface area contributed by atoms with Gasteiger partial charge in [0.2, 0.25) is 11.8 Å². The van der Waals surface area contributed by atoms with Crippen molar-refractivity contribution in [1.29, 1.82) is 0 Å². The number of amides is 2. The van der Waals surface area contributed by atoms with Gasteiger partial charge in [0, 0.05) is 32.1 Å². The Morgan fingerprint density at radius 2 is 1.92 bits per heavy atom. The Hall–Kier alpha value is -2.30. The first-order chi connectivity index (χ1) is 12.6. The lowest BCUT2D eigenvalue weighted by molar-refractivity contribution is -0.129. The molecule has 5 heteroatoms. The van der Waals surface area contributed by atoms with Crippen molar-refractivity contribution >= 4 is 17.5 Å². The van der Waals surface area contributed by atoms with Crippen LogP contribution in [-0.4, -0.2) is 36.4 Å². The zero-order valence-corrected chi connectivity index (χ0v) is 15.9. The number of ether oxygens (including phenoxy) is 1. The number of hydrogen-bond acceptors (Lipinski definition) is 3. The second kappa shape index (κ2) is 10.6. The molecule has 5 nitrogen and oxygen atoms in total. The number of carbonyl (C=O) groups is 2. The summed E-state index contributed by atoms with van der Waals surface area (Å²) in [5, 5.41) is 2.87. The molecule has 26 heavy (non-hydrogen) atoms. The van der Waals surface area contributed by atoms with Crippen LogP contribution in [0.25, 0.3) is 0 Å². The fourth-order valence-electron chi connectivity index (χ4n) is 3.10. The highest BCUT2D eigenvalue weighted by molar-refractivity contribution is 5.91. The van der Waals surface area contributed by atoms with Crippen molar-refractivity contribution in [3.63, 3.8) is 0 Å². The molecule has 0 bridgehead atoms. The summed E-state index contributed by atoms with van der Waals surface area (Å²) in [6.45, 7) is 5.26. The van der Waals surface area contributed by atoms with Crippen LogP contribution in [0.2, 0.25) is 0 Å². The highest BCUT2D eigenvalue weighted by Gasteiger charge is 2.13. The Labute approximate surface area is 156 Å². The Morgan fingerprint density at radius 1 is 1.15 bits per heavy atom. The summed E-state index contributed by atoms with van der Waals surface area (Å²) in [7, 11) is 0. The molecule has 2 rings (SSSR count). The number of hydrogen-bond donors (Lipinski definition) is 1. The van der Waals surface area contributed by atoms with Crippen LogP contribution in [0.15, 0.2) is 35.9 Å². The van der Waals surface area contributed by atoms with Crippen LogP contribution in [0.5, 0.6) is 5.75 Å². The number of allylic oxidation sites excluding steroid dienone is 1. The van der Waals surface area contributed by atoms with Crippen molar-refractivity contribution < 1.29 is 14.3 Å². The molecule has 0 atom stereocenters. The van der Waals surface area contributed by atoms with E-state index in [2.05, 4.69) is 11.4 Å². The monoisotopic (exact) mass is 358 g/mol. The van der Waals surface area contributed by atoms with E-state index in [0.29, 0.717) is 26.1 Å². The van der Waals surface area contributed by atoms with E-state index in [9.17, 15) is 9.59 Å². The third-order valence-electron chi connectivity index (χ3n) is 4.59. The second-order valence-corrected chi connectivity index (χ2v) is 6.62. The van der Waals surface area contributed by atoms with Crippen LogP contribution < -0.4 is 10.1 Å². The predicted octanol–water partition coefficient (Wildman–Crippen LogP) is 4.15. The van der Waals surface area contributed by atoms with E-state index in [0.717, 1.165) is 30.7 Å². The zero-order valence-electron chi connectivity index (χ0n) is 15.9. The van der Waals surface area contributed by atoms with Gasteiger partial charge in [-0.3, -0.25) is 9.59 Å². The van der Waals surface area contributed by atoms with Crippen LogP contribution >= 0.6 is 0 Å². The quantitative estimate of drug-likeness (QED) is 0.675. The molecule has 0 saturated carbocycles. The third kappa shape index (κ3) is 6.90. The number of rotatable bonds is 9. The molecule has 0 aliphatic heterocycles. The van der Waals surface area contributed by atoms with Crippen LogP contribution in [0.4, 0.5) is 5.69 Å². The van der Waals surface area contributed by atoms with E-state index in [1.165, 1.54) is 18.4 Å². The number of nitrogens with zero attached hydrogens (tertiary/aromatic N) is 1. The van der Waals surface area contributed by atoms with Crippen molar-refractivity contribution in [1.82, 2.24) is 4.90 Å². The van der Waals surface area contributed by atoms with Crippen LogP contribution in [-0.2, 0) is 9.59 Å². The van der Waals surface area contributed by atoms with E-state index in [-0.39, 0.29) is 11.8 Å². The molecule has 0 fully saturated rings. The topological polar surface area (TPSA) is 58.6 Å². The van der Waals surface area contributed by atoms with Gasteiger partial charge in [-0.1, -0.05) is 11.6 Å². The van der Waals surface area contributed by atoms with E-state index in [4.69, 9.17) is 4.74 Å². The number of anilines is 1. The van der Waals surface area contributed by atoms with Gasteiger partial charge in [0.05, 0.1) is 6.61 Å². The van der Waals surface area contributed by atoms with Gasteiger partial charge >= 0.3 is 0 Å². The molecule has 2 amide bonds. The predicted molar refractivity (Wildman–Crippen MR) is 104 cm³/mol. The van der Waals surface area contributed by atoms with Crippen LogP contribution in [0.1, 0.15) is 52.4 Å². The molecule has 0 unspecified atom stereocenters. The molecule has 0 saturated heterocycles. The van der Waals surface area contributed by atoms with E-state index in [1.54, 1.807) is 11.8 Å². The largest absolute Gasteiger partial charge is 0.494 e. The molecule has 0 spiro atoms. The maximum Gasteiger partial charge on any atom is 0.226 e. The molecule has 1 aromatic carbocycles. The first-order valence-electron chi connectivity index (χ1n) is 9.54.